The number of aliphatic imine (C=N–C) groups is 1. The standard InChI is InChI=1S/C13H24N4/c1-3-4-5-8-15-13(14-2)16-9-12-17-10-6-7-11-17/h6-7,10-11H,3-5,8-9,12H2,1-2H3,(H2,14,15,16). The molecule has 96 valence electrons. The summed E-state index contributed by atoms with van der Waals surface area (Å²) in [7, 11) is 1.81. The molecule has 0 spiro atoms. The highest BCUT2D eigenvalue weighted by atomic mass is 15.2. The number of hydrogen-bond donors (Lipinski definition) is 2. The van der Waals surface area contributed by atoms with Crippen molar-refractivity contribution in [2.75, 3.05) is 20.1 Å². The van der Waals surface area contributed by atoms with Gasteiger partial charge in [-0.2, -0.15) is 0 Å². The van der Waals surface area contributed by atoms with Crippen LogP contribution in [0.5, 0.6) is 0 Å². The van der Waals surface area contributed by atoms with Crippen molar-refractivity contribution in [3.8, 4) is 0 Å². The number of unbranched alkanes of at least 4 members (excludes halogenated alkanes) is 2. The molecular formula is C13H24N4. The van der Waals surface area contributed by atoms with Crippen molar-refractivity contribution in [1.29, 1.82) is 0 Å². The smallest absolute Gasteiger partial charge is 0.191 e. The summed E-state index contributed by atoms with van der Waals surface area (Å²) in [5.41, 5.74) is 0. The Labute approximate surface area is 104 Å². The Hall–Kier alpha value is -1.45. The molecule has 0 saturated carbocycles. The summed E-state index contributed by atoms with van der Waals surface area (Å²) in [6.07, 6.45) is 7.86. The first-order chi connectivity index (χ1) is 8.36. The molecule has 1 aromatic rings. The van der Waals surface area contributed by atoms with E-state index in [1.54, 1.807) is 0 Å². The van der Waals surface area contributed by atoms with E-state index in [9.17, 15) is 0 Å². The van der Waals surface area contributed by atoms with Crippen LogP contribution in [0.15, 0.2) is 29.5 Å². The van der Waals surface area contributed by atoms with Gasteiger partial charge in [0.15, 0.2) is 5.96 Å². The van der Waals surface area contributed by atoms with Crippen LogP contribution in [0.1, 0.15) is 26.2 Å². The minimum atomic E-state index is 0.891. The molecule has 0 radical (unpaired) electrons. The Morgan fingerprint density at radius 2 is 1.82 bits per heavy atom. The number of aromatic nitrogens is 1. The maximum absolute atomic E-state index is 4.19. The normalized spacial score (nSPS) is 11.5. The second kappa shape index (κ2) is 8.67. The van der Waals surface area contributed by atoms with Crippen molar-refractivity contribution < 1.29 is 0 Å². The monoisotopic (exact) mass is 236 g/mol. The Balaban J connectivity index is 2.10. The van der Waals surface area contributed by atoms with Gasteiger partial charge in [0.2, 0.25) is 0 Å². The number of rotatable bonds is 7. The third-order valence-corrected chi connectivity index (χ3v) is 2.63. The van der Waals surface area contributed by atoms with Crippen molar-refractivity contribution >= 4 is 5.96 Å². The highest BCUT2D eigenvalue weighted by Crippen LogP contribution is 1.91. The Kier molecular flexibility index (Phi) is 6.95. The van der Waals surface area contributed by atoms with Gasteiger partial charge in [0.05, 0.1) is 0 Å². The van der Waals surface area contributed by atoms with Crippen molar-refractivity contribution in [1.82, 2.24) is 15.2 Å². The molecule has 1 aromatic heterocycles. The topological polar surface area (TPSA) is 41.4 Å². The summed E-state index contributed by atoms with van der Waals surface area (Å²) in [4.78, 5) is 4.19. The van der Waals surface area contributed by atoms with Gasteiger partial charge in [-0.15, -0.1) is 0 Å². The average molecular weight is 236 g/mol. The number of nitrogens with one attached hydrogen (secondary N) is 2. The van der Waals surface area contributed by atoms with Crippen LogP contribution in [-0.4, -0.2) is 30.7 Å². The molecule has 0 aliphatic carbocycles. The summed E-state index contributed by atoms with van der Waals surface area (Å²) in [6, 6.07) is 4.08. The van der Waals surface area contributed by atoms with Gasteiger partial charge >= 0.3 is 0 Å². The van der Waals surface area contributed by atoms with Crippen LogP contribution in [0.3, 0.4) is 0 Å². The zero-order chi connectivity index (χ0) is 12.3. The molecule has 2 N–H and O–H groups in total. The molecule has 0 aliphatic rings. The van der Waals surface area contributed by atoms with Crippen LogP contribution in [-0.2, 0) is 6.54 Å². The summed E-state index contributed by atoms with van der Waals surface area (Å²) >= 11 is 0. The second-order valence-electron chi connectivity index (χ2n) is 4.05. The SMILES string of the molecule is CCCCCNC(=NC)NCCn1cccc1. The lowest BCUT2D eigenvalue weighted by Crippen LogP contribution is -2.39. The van der Waals surface area contributed by atoms with Gasteiger partial charge in [-0.05, 0) is 18.6 Å². The summed E-state index contributed by atoms with van der Waals surface area (Å²) in [5.74, 6) is 0.897. The molecule has 0 aliphatic heterocycles. The van der Waals surface area contributed by atoms with Crippen molar-refractivity contribution in [3.63, 3.8) is 0 Å². The van der Waals surface area contributed by atoms with E-state index in [1.165, 1.54) is 19.3 Å². The number of guanidine groups is 1. The summed E-state index contributed by atoms with van der Waals surface area (Å²) in [6.45, 7) is 5.06. The molecule has 0 atom stereocenters. The highest BCUT2D eigenvalue weighted by Gasteiger charge is 1.96. The lowest BCUT2D eigenvalue weighted by Gasteiger charge is -2.11. The van der Waals surface area contributed by atoms with Gasteiger partial charge in [0, 0.05) is 39.1 Å². The molecule has 0 fully saturated rings. The fraction of sp³-hybridized carbons (Fsp3) is 0.615. The van der Waals surface area contributed by atoms with Crippen LogP contribution in [0.4, 0.5) is 0 Å². The fourth-order valence-electron chi connectivity index (χ4n) is 1.63. The average Bonchev–Trinajstić information content (AvgIpc) is 2.85. The molecule has 17 heavy (non-hydrogen) atoms. The maximum atomic E-state index is 4.19. The van der Waals surface area contributed by atoms with Crippen LogP contribution in [0.25, 0.3) is 0 Å². The van der Waals surface area contributed by atoms with Crippen molar-refractivity contribution in [3.05, 3.63) is 24.5 Å². The minimum absolute atomic E-state index is 0.891. The van der Waals surface area contributed by atoms with Gasteiger partial charge in [-0.1, -0.05) is 19.8 Å². The minimum Gasteiger partial charge on any atom is -0.356 e. The van der Waals surface area contributed by atoms with Crippen LogP contribution >= 0.6 is 0 Å². The molecule has 0 amide bonds. The highest BCUT2D eigenvalue weighted by molar-refractivity contribution is 5.79. The Bertz CT molecular complexity index is 303. The predicted octanol–water partition coefficient (Wildman–Crippen LogP) is 1.84. The van der Waals surface area contributed by atoms with E-state index in [2.05, 4.69) is 39.5 Å². The largest absolute Gasteiger partial charge is 0.356 e. The molecule has 1 heterocycles. The van der Waals surface area contributed by atoms with E-state index in [-0.39, 0.29) is 0 Å². The lowest BCUT2D eigenvalue weighted by atomic mass is 10.2. The van der Waals surface area contributed by atoms with Gasteiger partial charge < -0.3 is 15.2 Å². The molecular weight excluding hydrogens is 212 g/mol. The number of nitrogens with zero attached hydrogens (tertiary/aromatic N) is 2. The van der Waals surface area contributed by atoms with Gasteiger partial charge in [0.25, 0.3) is 0 Å². The molecule has 0 aromatic carbocycles. The molecule has 0 unspecified atom stereocenters. The van der Waals surface area contributed by atoms with Gasteiger partial charge in [-0.25, -0.2) is 0 Å². The molecule has 4 heteroatoms. The molecule has 1 rings (SSSR count). The Morgan fingerprint density at radius 3 is 2.47 bits per heavy atom. The van der Waals surface area contributed by atoms with Gasteiger partial charge in [0.1, 0.15) is 0 Å². The third-order valence-electron chi connectivity index (χ3n) is 2.63. The number of hydrogen-bond acceptors (Lipinski definition) is 1. The predicted molar refractivity (Wildman–Crippen MR) is 73.3 cm³/mol. The van der Waals surface area contributed by atoms with Crippen LogP contribution in [0.2, 0.25) is 0 Å². The van der Waals surface area contributed by atoms with E-state index in [1.807, 2.05) is 19.2 Å². The van der Waals surface area contributed by atoms with E-state index < -0.39 is 0 Å². The first kappa shape index (κ1) is 13.6. The second-order valence-corrected chi connectivity index (χ2v) is 4.05. The van der Waals surface area contributed by atoms with Crippen molar-refractivity contribution in [2.45, 2.75) is 32.7 Å². The lowest BCUT2D eigenvalue weighted by molar-refractivity contribution is 0.651. The summed E-state index contributed by atoms with van der Waals surface area (Å²) < 4.78 is 2.15. The first-order valence-electron chi connectivity index (χ1n) is 6.42. The summed E-state index contributed by atoms with van der Waals surface area (Å²) in [5, 5.41) is 6.62. The van der Waals surface area contributed by atoms with E-state index in [0.29, 0.717) is 0 Å². The fourth-order valence-corrected chi connectivity index (χ4v) is 1.63. The quantitative estimate of drug-likeness (QED) is 0.431. The van der Waals surface area contributed by atoms with Crippen molar-refractivity contribution in [2.24, 2.45) is 4.99 Å². The van der Waals surface area contributed by atoms with E-state index >= 15 is 0 Å². The molecule has 0 bridgehead atoms. The zero-order valence-corrected chi connectivity index (χ0v) is 10.9. The Morgan fingerprint density at radius 1 is 1.12 bits per heavy atom. The van der Waals surface area contributed by atoms with Crippen LogP contribution in [0, 0.1) is 0 Å². The van der Waals surface area contributed by atoms with Gasteiger partial charge in [-0.3, -0.25) is 4.99 Å². The zero-order valence-electron chi connectivity index (χ0n) is 10.9. The van der Waals surface area contributed by atoms with E-state index in [0.717, 1.165) is 25.6 Å². The third kappa shape index (κ3) is 6.00. The molecule has 4 nitrogen and oxygen atoms in total. The maximum Gasteiger partial charge on any atom is 0.191 e. The molecule has 0 saturated heterocycles. The van der Waals surface area contributed by atoms with Crippen LogP contribution < -0.4 is 10.6 Å². The first-order valence-corrected chi connectivity index (χ1v) is 6.42. The van der Waals surface area contributed by atoms with E-state index in [4.69, 9.17) is 0 Å².